The minimum atomic E-state index is -5.11. The Morgan fingerprint density at radius 3 is 1.75 bits per heavy atom. The molecule has 0 heterocycles. The largest absolute Gasteiger partial charge is 0.429 e. The summed E-state index contributed by atoms with van der Waals surface area (Å²) in [5, 5.41) is 10.1. The molecule has 0 aliphatic carbocycles. The average molecular weight is 280 g/mol. The molecule has 1 N–H and O–H groups in total. The minimum absolute atomic E-state index is 0.198. The maximum absolute atomic E-state index is 13.3. The van der Waals surface area contributed by atoms with Crippen molar-refractivity contribution in [3.8, 4) is 0 Å². The molecule has 2 aromatic rings. The molecule has 0 saturated carbocycles. The third-order valence-electron chi connectivity index (χ3n) is 2.97. The van der Waals surface area contributed by atoms with E-state index in [4.69, 9.17) is 0 Å². The van der Waals surface area contributed by atoms with Crippen LogP contribution in [-0.2, 0) is 5.60 Å². The van der Waals surface area contributed by atoms with E-state index in [1.165, 1.54) is 42.5 Å². The van der Waals surface area contributed by atoms with Gasteiger partial charge in [0.05, 0.1) is 0 Å². The van der Waals surface area contributed by atoms with Crippen molar-refractivity contribution in [2.75, 3.05) is 0 Å². The molecule has 1 atom stereocenters. The minimum Gasteiger partial charge on any atom is -0.370 e. The first-order valence-corrected chi connectivity index (χ1v) is 5.82. The highest BCUT2D eigenvalue weighted by Crippen LogP contribution is 2.41. The first-order valence-electron chi connectivity index (χ1n) is 5.82. The van der Waals surface area contributed by atoms with Gasteiger partial charge >= 0.3 is 6.18 Å². The Hall–Kier alpha value is -2.14. The predicted molar refractivity (Wildman–Crippen MR) is 67.2 cm³/mol. The Bertz CT molecular complexity index is 594. The summed E-state index contributed by atoms with van der Waals surface area (Å²) in [6.45, 7) is 0. The molecule has 0 fully saturated rings. The number of carbonyl (C=O) groups excluding carboxylic acids is 1. The first kappa shape index (κ1) is 14.3. The monoisotopic (exact) mass is 280 g/mol. The molecule has 0 bridgehead atoms. The second-order valence-electron chi connectivity index (χ2n) is 4.27. The lowest BCUT2D eigenvalue weighted by atomic mass is 9.85. The molecule has 0 amide bonds. The van der Waals surface area contributed by atoms with E-state index >= 15 is 0 Å². The fourth-order valence-corrected chi connectivity index (χ4v) is 1.90. The van der Waals surface area contributed by atoms with Gasteiger partial charge in [0, 0.05) is 11.1 Å². The second kappa shape index (κ2) is 5.09. The summed E-state index contributed by atoms with van der Waals surface area (Å²) in [5.41, 5.74) is -4.24. The normalized spacial score (nSPS) is 14.6. The maximum atomic E-state index is 13.3. The Balaban J connectivity index is 2.58. The van der Waals surface area contributed by atoms with E-state index in [0.29, 0.717) is 0 Å². The number of hydrogen-bond acceptors (Lipinski definition) is 2. The molecular formula is C15H11F3O2. The molecule has 2 aromatic carbocycles. The van der Waals surface area contributed by atoms with Crippen molar-refractivity contribution in [2.45, 2.75) is 11.8 Å². The van der Waals surface area contributed by atoms with Crippen molar-refractivity contribution < 1.29 is 23.1 Å². The van der Waals surface area contributed by atoms with Crippen LogP contribution in [0.5, 0.6) is 0 Å². The fraction of sp³-hybridized carbons (Fsp3) is 0.133. The first-order chi connectivity index (χ1) is 9.37. The Morgan fingerprint density at radius 2 is 1.30 bits per heavy atom. The molecular weight excluding hydrogens is 269 g/mol. The van der Waals surface area contributed by atoms with E-state index in [1.807, 2.05) is 0 Å². The van der Waals surface area contributed by atoms with Gasteiger partial charge in [-0.25, -0.2) is 0 Å². The summed E-state index contributed by atoms with van der Waals surface area (Å²) in [5.74, 6) is -1.39. The highest BCUT2D eigenvalue weighted by molar-refractivity contribution is 6.03. The summed E-state index contributed by atoms with van der Waals surface area (Å²) in [7, 11) is 0. The van der Waals surface area contributed by atoms with Crippen LogP contribution >= 0.6 is 0 Å². The van der Waals surface area contributed by atoms with Gasteiger partial charge in [-0.15, -0.1) is 0 Å². The van der Waals surface area contributed by atoms with Crippen LogP contribution in [0.15, 0.2) is 60.7 Å². The zero-order chi connectivity index (χ0) is 14.8. The SMILES string of the molecule is O=C(c1ccccc1)[C@](O)(c1ccccc1)C(F)(F)F. The molecule has 0 aliphatic heterocycles. The third-order valence-corrected chi connectivity index (χ3v) is 2.97. The maximum Gasteiger partial charge on any atom is 0.429 e. The molecule has 5 heteroatoms. The standard InChI is InChI=1S/C15H11F3O2/c16-15(17,18)14(20,12-9-5-2-6-10-12)13(19)11-7-3-1-4-8-11/h1-10,20H/t14-/m1/s1. The molecule has 0 radical (unpaired) electrons. The zero-order valence-corrected chi connectivity index (χ0v) is 10.3. The van der Waals surface area contributed by atoms with E-state index in [9.17, 15) is 23.1 Å². The van der Waals surface area contributed by atoms with Crippen LogP contribution in [0.2, 0.25) is 0 Å². The Morgan fingerprint density at radius 1 is 0.850 bits per heavy atom. The Kier molecular flexibility index (Phi) is 3.63. The summed E-state index contributed by atoms with van der Waals surface area (Å²) >= 11 is 0. The van der Waals surface area contributed by atoms with Crippen LogP contribution in [0.3, 0.4) is 0 Å². The molecule has 0 unspecified atom stereocenters. The number of alkyl halides is 3. The Labute approximate surface area is 113 Å². The van der Waals surface area contributed by atoms with Crippen molar-refractivity contribution in [3.05, 3.63) is 71.8 Å². The van der Waals surface area contributed by atoms with Crippen molar-refractivity contribution in [1.82, 2.24) is 0 Å². The lowest BCUT2D eigenvalue weighted by molar-refractivity contribution is -0.242. The van der Waals surface area contributed by atoms with Gasteiger partial charge in [-0.3, -0.25) is 4.79 Å². The van der Waals surface area contributed by atoms with Gasteiger partial charge < -0.3 is 5.11 Å². The molecule has 0 spiro atoms. The van der Waals surface area contributed by atoms with E-state index in [-0.39, 0.29) is 5.56 Å². The number of carbonyl (C=O) groups is 1. The summed E-state index contributed by atoms with van der Waals surface area (Å²) in [6.07, 6.45) is -5.11. The highest BCUT2D eigenvalue weighted by atomic mass is 19.4. The van der Waals surface area contributed by atoms with Crippen molar-refractivity contribution >= 4 is 5.78 Å². The molecule has 0 aliphatic rings. The fourth-order valence-electron chi connectivity index (χ4n) is 1.90. The number of halogens is 3. The van der Waals surface area contributed by atoms with Gasteiger partial charge in [0.1, 0.15) is 0 Å². The number of rotatable bonds is 3. The van der Waals surface area contributed by atoms with Gasteiger partial charge in [-0.1, -0.05) is 60.7 Å². The molecule has 20 heavy (non-hydrogen) atoms. The number of ketones is 1. The molecule has 2 rings (SSSR count). The summed E-state index contributed by atoms with van der Waals surface area (Å²) in [4.78, 5) is 12.1. The van der Waals surface area contributed by atoms with Crippen molar-refractivity contribution in [3.63, 3.8) is 0 Å². The molecule has 0 aromatic heterocycles. The highest BCUT2D eigenvalue weighted by Gasteiger charge is 2.60. The number of Topliss-reactive ketones (excluding diaryl/α,β-unsaturated/α-hetero) is 1. The van der Waals surface area contributed by atoms with E-state index in [1.54, 1.807) is 6.07 Å². The molecule has 0 saturated heterocycles. The lowest BCUT2D eigenvalue weighted by Gasteiger charge is -2.29. The van der Waals surface area contributed by atoms with E-state index < -0.39 is 23.1 Å². The van der Waals surface area contributed by atoms with E-state index in [2.05, 4.69) is 0 Å². The topological polar surface area (TPSA) is 37.3 Å². The zero-order valence-electron chi connectivity index (χ0n) is 10.3. The van der Waals surface area contributed by atoms with Crippen LogP contribution in [0.1, 0.15) is 15.9 Å². The average Bonchev–Trinajstić information content (AvgIpc) is 2.46. The van der Waals surface area contributed by atoms with Crippen LogP contribution < -0.4 is 0 Å². The molecule has 104 valence electrons. The van der Waals surface area contributed by atoms with Crippen LogP contribution in [0.25, 0.3) is 0 Å². The van der Waals surface area contributed by atoms with E-state index in [0.717, 1.165) is 12.1 Å². The van der Waals surface area contributed by atoms with Gasteiger partial charge in [-0.2, -0.15) is 13.2 Å². The van der Waals surface area contributed by atoms with Crippen LogP contribution in [-0.4, -0.2) is 17.1 Å². The quantitative estimate of drug-likeness (QED) is 0.876. The lowest BCUT2D eigenvalue weighted by Crippen LogP contribution is -2.49. The predicted octanol–water partition coefficient (Wildman–Crippen LogP) is 3.32. The third kappa shape index (κ3) is 2.32. The summed E-state index contributed by atoms with van der Waals surface area (Å²) in [6, 6.07) is 13.3. The summed E-state index contributed by atoms with van der Waals surface area (Å²) < 4.78 is 39.8. The van der Waals surface area contributed by atoms with Gasteiger partial charge in [0.25, 0.3) is 0 Å². The van der Waals surface area contributed by atoms with Gasteiger partial charge in [0.15, 0.2) is 0 Å². The van der Waals surface area contributed by atoms with Crippen LogP contribution in [0.4, 0.5) is 13.2 Å². The van der Waals surface area contributed by atoms with Gasteiger partial charge in [-0.05, 0) is 0 Å². The second-order valence-corrected chi connectivity index (χ2v) is 4.27. The van der Waals surface area contributed by atoms with Crippen LogP contribution in [0, 0.1) is 0 Å². The van der Waals surface area contributed by atoms with Crippen molar-refractivity contribution in [1.29, 1.82) is 0 Å². The number of benzene rings is 2. The van der Waals surface area contributed by atoms with Crippen molar-refractivity contribution in [2.24, 2.45) is 0 Å². The van der Waals surface area contributed by atoms with Gasteiger partial charge in [0.2, 0.25) is 11.4 Å². The number of hydrogen-bond donors (Lipinski definition) is 1. The molecule has 2 nitrogen and oxygen atoms in total. The number of aliphatic hydroxyl groups is 1. The smallest absolute Gasteiger partial charge is 0.370 e.